The van der Waals surface area contributed by atoms with Crippen LogP contribution in [-0.4, -0.2) is 28.3 Å². The van der Waals surface area contributed by atoms with Gasteiger partial charge in [-0.25, -0.2) is 0 Å². The number of nitrogens with one attached hydrogen (secondary N) is 1. The van der Waals surface area contributed by atoms with Crippen molar-refractivity contribution >= 4 is 11.8 Å². The van der Waals surface area contributed by atoms with Crippen molar-refractivity contribution in [3.05, 3.63) is 18.0 Å². The van der Waals surface area contributed by atoms with E-state index in [2.05, 4.69) is 29.7 Å². The Bertz CT molecular complexity index is 241. The van der Waals surface area contributed by atoms with E-state index in [4.69, 9.17) is 0 Å². The molecule has 1 unspecified atom stereocenters. The molecule has 13 heavy (non-hydrogen) atoms. The van der Waals surface area contributed by atoms with E-state index in [1.807, 2.05) is 29.7 Å². The first-order chi connectivity index (χ1) is 6.27. The molecule has 1 N–H and O–H groups in total. The SMILES string of the molecule is CCNC(CSC)c1ccn(C)n1. The van der Waals surface area contributed by atoms with Gasteiger partial charge < -0.3 is 5.32 Å². The van der Waals surface area contributed by atoms with Crippen LogP contribution in [0, 0.1) is 0 Å². The molecule has 1 aromatic rings. The van der Waals surface area contributed by atoms with E-state index in [0.717, 1.165) is 18.0 Å². The molecule has 0 amide bonds. The van der Waals surface area contributed by atoms with E-state index < -0.39 is 0 Å². The zero-order chi connectivity index (χ0) is 9.68. The predicted molar refractivity (Wildman–Crippen MR) is 58.0 cm³/mol. The monoisotopic (exact) mass is 199 g/mol. The molecule has 0 aliphatic rings. The lowest BCUT2D eigenvalue weighted by Crippen LogP contribution is -2.23. The average molecular weight is 199 g/mol. The van der Waals surface area contributed by atoms with Gasteiger partial charge in [-0.15, -0.1) is 0 Å². The highest BCUT2D eigenvalue weighted by molar-refractivity contribution is 7.98. The molecular weight excluding hydrogens is 182 g/mol. The quantitative estimate of drug-likeness (QED) is 0.778. The Kier molecular flexibility index (Phi) is 4.32. The minimum Gasteiger partial charge on any atom is -0.308 e. The first-order valence-electron chi connectivity index (χ1n) is 4.49. The lowest BCUT2D eigenvalue weighted by atomic mass is 10.2. The molecule has 0 aromatic carbocycles. The predicted octanol–water partition coefficient (Wildman–Crippen LogP) is 1.43. The first-order valence-corrected chi connectivity index (χ1v) is 5.89. The summed E-state index contributed by atoms with van der Waals surface area (Å²) in [5, 5.41) is 7.81. The number of hydrogen-bond acceptors (Lipinski definition) is 3. The van der Waals surface area contributed by atoms with E-state index >= 15 is 0 Å². The summed E-state index contributed by atoms with van der Waals surface area (Å²) in [5.41, 5.74) is 1.14. The summed E-state index contributed by atoms with van der Waals surface area (Å²) >= 11 is 1.84. The van der Waals surface area contributed by atoms with Crippen LogP contribution >= 0.6 is 11.8 Å². The highest BCUT2D eigenvalue weighted by Gasteiger charge is 2.11. The summed E-state index contributed by atoms with van der Waals surface area (Å²) in [4.78, 5) is 0. The fourth-order valence-electron chi connectivity index (χ4n) is 1.28. The second-order valence-corrected chi connectivity index (χ2v) is 3.89. The molecule has 1 rings (SSSR count). The van der Waals surface area contributed by atoms with Gasteiger partial charge in [-0.2, -0.15) is 16.9 Å². The molecule has 0 saturated heterocycles. The maximum Gasteiger partial charge on any atom is 0.0802 e. The standard InChI is InChI=1S/C9H17N3S/c1-4-10-9(7-13-3)8-5-6-12(2)11-8/h5-6,9-10H,4,7H2,1-3H3. The summed E-state index contributed by atoms with van der Waals surface area (Å²) < 4.78 is 1.85. The van der Waals surface area contributed by atoms with Gasteiger partial charge in [0.25, 0.3) is 0 Å². The summed E-state index contributed by atoms with van der Waals surface area (Å²) in [6.45, 7) is 3.11. The van der Waals surface area contributed by atoms with Crippen LogP contribution < -0.4 is 5.32 Å². The number of rotatable bonds is 5. The van der Waals surface area contributed by atoms with Crippen molar-refractivity contribution < 1.29 is 0 Å². The highest BCUT2D eigenvalue weighted by Crippen LogP contribution is 2.14. The lowest BCUT2D eigenvalue weighted by molar-refractivity contribution is 0.578. The van der Waals surface area contributed by atoms with Crippen molar-refractivity contribution in [2.24, 2.45) is 7.05 Å². The Morgan fingerprint density at radius 3 is 2.92 bits per heavy atom. The van der Waals surface area contributed by atoms with Crippen LogP contribution in [-0.2, 0) is 7.05 Å². The van der Waals surface area contributed by atoms with Gasteiger partial charge in [0.1, 0.15) is 0 Å². The molecule has 0 bridgehead atoms. The van der Waals surface area contributed by atoms with Crippen molar-refractivity contribution in [1.82, 2.24) is 15.1 Å². The summed E-state index contributed by atoms with van der Waals surface area (Å²) in [5.74, 6) is 1.07. The summed E-state index contributed by atoms with van der Waals surface area (Å²) in [7, 11) is 1.95. The topological polar surface area (TPSA) is 29.9 Å². The van der Waals surface area contributed by atoms with Gasteiger partial charge in [0.2, 0.25) is 0 Å². The first kappa shape index (κ1) is 10.6. The lowest BCUT2D eigenvalue weighted by Gasteiger charge is -2.13. The van der Waals surface area contributed by atoms with Gasteiger partial charge in [0, 0.05) is 19.0 Å². The second kappa shape index (κ2) is 5.29. The minimum atomic E-state index is 0.390. The Morgan fingerprint density at radius 1 is 1.69 bits per heavy atom. The molecule has 0 aliphatic heterocycles. The fraction of sp³-hybridized carbons (Fsp3) is 0.667. The molecule has 1 heterocycles. The molecule has 0 saturated carbocycles. The summed E-state index contributed by atoms with van der Waals surface area (Å²) in [6.07, 6.45) is 4.10. The third-order valence-corrected chi connectivity index (χ3v) is 2.54. The van der Waals surface area contributed by atoms with Gasteiger partial charge in [0.05, 0.1) is 11.7 Å². The van der Waals surface area contributed by atoms with Crippen LogP contribution in [0.4, 0.5) is 0 Å². The van der Waals surface area contributed by atoms with Crippen molar-refractivity contribution in [2.45, 2.75) is 13.0 Å². The van der Waals surface area contributed by atoms with Crippen LogP contribution in [0.25, 0.3) is 0 Å². The number of aryl methyl sites for hydroxylation is 1. The minimum absolute atomic E-state index is 0.390. The van der Waals surface area contributed by atoms with E-state index in [9.17, 15) is 0 Å². The number of hydrogen-bond donors (Lipinski definition) is 1. The fourth-order valence-corrected chi connectivity index (χ4v) is 1.90. The molecule has 74 valence electrons. The summed E-state index contributed by atoms with van der Waals surface area (Å²) in [6, 6.07) is 2.46. The van der Waals surface area contributed by atoms with Gasteiger partial charge >= 0.3 is 0 Å². The van der Waals surface area contributed by atoms with Crippen LogP contribution in [0.1, 0.15) is 18.7 Å². The molecular formula is C9H17N3S. The zero-order valence-corrected chi connectivity index (χ0v) is 9.27. The number of thioether (sulfide) groups is 1. The molecule has 4 heteroatoms. The van der Waals surface area contributed by atoms with Crippen molar-refractivity contribution in [3.8, 4) is 0 Å². The zero-order valence-electron chi connectivity index (χ0n) is 8.45. The average Bonchev–Trinajstić information content (AvgIpc) is 2.51. The Labute approximate surface area is 83.9 Å². The molecule has 0 spiro atoms. The molecule has 0 radical (unpaired) electrons. The molecule has 1 atom stereocenters. The van der Waals surface area contributed by atoms with Crippen LogP contribution in [0.2, 0.25) is 0 Å². The Morgan fingerprint density at radius 2 is 2.46 bits per heavy atom. The van der Waals surface area contributed by atoms with Crippen LogP contribution in [0.15, 0.2) is 12.3 Å². The Hall–Kier alpha value is -0.480. The van der Waals surface area contributed by atoms with E-state index in [1.165, 1.54) is 0 Å². The smallest absolute Gasteiger partial charge is 0.0802 e. The van der Waals surface area contributed by atoms with Crippen molar-refractivity contribution in [3.63, 3.8) is 0 Å². The van der Waals surface area contributed by atoms with Gasteiger partial charge in [-0.05, 0) is 18.9 Å². The van der Waals surface area contributed by atoms with E-state index in [-0.39, 0.29) is 0 Å². The normalized spacial score (nSPS) is 13.2. The van der Waals surface area contributed by atoms with Crippen LogP contribution in [0.5, 0.6) is 0 Å². The van der Waals surface area contributed by atoms with Gasteiger partial charge in [-0.1, -0.05) is 6.92 Å². The van der Waals surface area contributed by atoms with E-state index in [1.54, 1.807) is 0 Å². The van der Waals surface area contributed by atoms with Crippen LogP contribution in [0.3, 0.4) is 0 Å². The maximum absolute atomic E-state index is 4.39. The van der Waals surface area contributed by atoms with Crippen molar-refractivity contribution in [2.75, 3.05) is 18.6 Å². The number of nitrogens with zero attached hydrogens (tertiary/aromatic N) is 2. The number of aromatic nitrogens is 2. The molecule has 0 fully saturated rings. The molecule has 3 nitrogen and oxygen atoms in total. The maximum atomic E-state index is 4.39. The third kappa shape index (κ3) is 3.04. The highest BCUT2D eigenvalue weighted by atomic mass is 32.2. The molecule has 0 aliphatic carbocycles. The van der Waals surface area contributed by atoms with Gasteiger partial charge in [-0.3, -0.25) is 4.68 Å². The third-order valence-electron chi connectivity index (χ3n) is 1.88. The Balaban J connectivity index is 2.63. The second-order valence-electron chi connectivity index (χ2n) is 2.98. The van der Waals surface area contributed by atoms with Gasteiger partial charge in [0.15, 0.2) is 0 Å². The van der Waals surface area contributed by atoms with E-state index in [0.29, 0.717) is 6.04 Å². The molecule has 1 aromatic heterocycles. The van der Waals surface area contributed by atoms with Crippen molar-refractivity contribution in [1.29, 1.82) is 0 Å². The largest absolute Gasteiger partial charge is 0.308 e.